The average molecular weight is 371 g/mol. The van der Waals surface area contributed by atoms with Crippen molar-refractivity contribution in [1.29, 1.82) is 0 Å². The second-order valence-corrected chi connectivity index (χ2v) is 7.66. The lowest BCUT2D eigenvalue weighted by Gasteiger charge is -2.09. The van der Waals surface area contributed by atoms with E-state index in [0.717, 1.165) is 25.8 Å². The molecule has 1 N–H and O–H groups in total. The Morgan fingerprint density at radius 3 is 2.95 bits per heavy atom. The fourth-order valence-corrected chi connectivity index (χ4v) is 3.76. The first-order valence-corrected chi connectivity index (χ1v) is 8.75. The van der Waals surface area contributed by atoms with Crippen LogP contribution in [0, 0.1) is 0 Å². The summed E-state index contributed by atoms with van der Waals surface area (Å²) >= 11 is 6.62. The lowest BCUT2D eigenvalue weighted by Crippen LogP contribution is -2.24. The summed E-state index contributed by atoms with van der Waals surface area (Å²) in [6.07, 6.45) is 4.30. The molecule has 3 nitrogen and oxygen atoms in total. The van der Waals surface area contributed by atoms with E-state index >= 15 is 0 Å². The molecule has 6 heteroatoms. The normalized spacial score (nSPS) is 12.8. The van der Waals surface area contributed by atoms with Gasteiger partial charge in [-0.1, -0.05) is 6.92 Å². The molecular formula is C14H15BrN2OS2. The monoisotopic (exact) mass is 370 g/mol. The van der Waals surface area contributed by atoms with E-state index in [0.29, 0.717) is 0 Å². The Kier molecular flexibility index (Phi) is 5.51. The Hall–Kier alpha value is -0.980. The molecular weight excluding hydrogens is 356 g/mol. The highest BCUT2D eigenvalue weighted by molar-refractivity contribution is 9.11. The lowest BCUT2D eigenvalue weighted by atomic mass is 10.2. The minimum atomic E-state index is -0.104. The van der Waals surface area contributed by atoms with Gasteiger partial charge in [-0.3, -0.25) is 4.79 Å². The number of thiophene rings is 1. The van der Waals surface area contributed by atoms with Gasteiger partial charge in [-0.15, -0.1) is 22.7 Å². The molecule has 0 fully saturated rings. The first kappa shape index (κ1) is 15.4. The SMILES string of the molecule is CCc1nc(C(C)NC(=O)C=Cc2ccc(Br)s2)cs1. The fourth-order valence-electron chi connectivity index (χ4n) is 1.60. The van der Waals surface area contributed by atoms with Crippen LogP contribution in [0.15, 0.2) is 27.4 Å². The summed E-state index contributed by atoms with van der Waals surface area (Å²) in [6.45, 7) is 4.02. The van der Waals surface area contributed by atoms with Gasteiger partial charge in [0.25, 0.3) is 0 Å². The molecule has 20 heavy (non-hydrogen) atoms. The molecule has 106 valence electrons. The van der Waals surface area contributed by atoms with Gasteiger partial charge in [-0.2, -0.15) is 0 Å². The van der Waals surface area contributed by atoms with E-state index in [1.165, 1.54) is 0 Å². The van der Waals surface area contributed by atoms with E-state index in [1.807, 2.05) is 30.5 Å². The van der Waals surface area contributed by atoms with Crippen molar-refractivity contribution in [2.75, 3.05) is 0 Å². The number of halogens is 1. The summed E-state index contributed by atoms with van der Waals surface area (Å²) in [7, 11) is 0. The minimum Gasteiger partial charge on any atom is -0.344 e. The number of hydrogen-bond acceptors (Lipinski definition) is 4. The summed E-state index contributed by atoms with van der Waals surface area (Å²) in [5.41, 5.74) is 0.924. The van der Waals surface area contributed by atoms with Gasteiger partial charge >= 0.3 is 0 Å². The topological polar surface area (TPSA) is 42.0 Å². The van der Waals surface area contributed by atoms with Crippen LogP contribution < -0.4 is 5.32 Å². The molecule has 1 unspecified atom stereocenters. The number of hydrogen-bond donors (Lipinski definition) is 1. The summed E-state index contributed by atoms with van der Waals surface area (Å²) in [6, 6.07) is 3.86. The predicted molar refractivity (Wildman–Crippen MR) is 89.1 cm³/mol. The maximum atomic E-state index is 11.9. The highest BCUT2D eigenvalue weighted by atomic mass is 79.9. The van der Waals surface area contributed by atoms with Crippen LogP contribution in [-0.4, -0.2) is 10.9 Å². The van der Waals surface area contributed by atoms with E-state index < -0.39 is 0 Å². The number of nitrogens with one attached hydrogen (secondary N) is 1. The number of amides is 1. The standard InChI is InChI=1S/C14H15BrN2OS2/c1-3-14-17-11(8-19-14)9(2)16-13(18)7-5-10-4-6-12(15)20-10/h4-9H,3H2,1-2H3,(H,16,18). The highest BCUT2D eigenvalue weighted by Gasteiger charge is 2.11. The molecule has 0 aliphatic heterocycles. The van der Waals surface area contributed by atoms with E-state index in [-0.39, 0.29) is 11.9 Å². The molecule has 0 saturated heterocycles. The Bertz CT molecular complexity index is 618. The third kappa shape index (κ3) is 4.26. The van der Waals surface area contributed by atoms with Gasteiger partial charge in [-0.05, 0) is 47.5 Å². The largest absolute Gasteiger partial charge is 0.344 e. The predicted octanol–water partition coefficient (Wildman–Crippen LogP) is 4.42. The molecule has 0 spiro atoms. The van der Waals surface area contributed by atoms with E-state index in [9.17, 15) is 4.79 Å². The molecule has 0 saturated carbocycles. The Morgan fingerprint density at radius 1 is 1.55 bits per heavy atom. The number of thiazole rings is 1. The van der Waals surface area contributed by atoms with E-state index in [1.54, 1.807) is 28.7 Å². The molecule has 1 atom stereocenters. The van der Waals surface area contributed by atoms with Crippen molar-refractivity contribution in [3.63, 3.8) is 0 Å². The number of rotatable bonds is 5. The van der Waals surface area contributed by atoms with E-state index in [2.05, 4.69) is 33.2 Å². The van der Waals surface area contributed by atoms with Crippen molar-refractivity contribution in [2.24, 2.45) is 0 Å². The van der Waals surface area contributed by atoms with Crippen molar-refractivity contribution in [1.82, 2.24) is 10.3 Å². The molecule has 1 amide bonds. The Balaban J connectivity index is 1.92. The molecule has 0 aliphatic carbocycles. The maximum absolute atomic E-state index is 11.9. The number of nitrogens with zero attached hydrogens (tertiary/aromatic N) is 1. The van der Waals surface area contributed by atoms with Crippen LogP contribution in [-0.2, 0) is 11.2 Å². The van der Waals surface area contributed by atoms with Crippen LogP contribution in [0.2, 0.25) is 0 Å². The summed E-state index contributed by atoms with van der Waals surface area (Å²) in [5.74, 6) is -0.104. The van der Waals surface area contributed by atoms with Crippen LogP contribution in [0.25, 0.3) is 6.08 Å². The quantitative estimate of drug-likeness (QED) is 0.791. The zero-order chi connectivity index (χ0) is 14.5. The number of aryl methyl sites for hydroxylation is 1. The Morgan fingerprint density at radius 2 is 2.35 bits per heavy atom. The Labute approximate surface area is 134 Å². The van der Waals surface area contributed by atoms with Crippen molar-refractivity contribution in [2.45, 2.75) is 26.3 Å². The van der Waals surface area contributed by atoms with Gasteiger partial charge in [-0.25, -0.2) is 4.98 Å². The van der Waals surface area contributed by atoms with Crippen molar-refractivity contribution in [3.05, 3.63) is 43.0 Å². The molecule has 0 bridgehead atoms. The molecule has 2 rings (SSSR count). The molecule has 0 radical (unpaired) electrons. The second kappa shape index (κ2) is 7.15. The van der Waals surface area contributed by atoms with Gasteiger partial charge in [0.2, 0.25) is 5.91 Å². The lowest BCUT2D eigenvalue weighted by molar-refractivity contribution is -0.117. The summed E-state index contributed by atoms with van der Waals surface area (Å²) < 4.78 is 1.06. The van der Waals surface area contributed by atoms with Crippen LogP contribution in [0.5, 0.6) is 0 Å². The maximum Gasteiger partial charge on any atom is 0.244 e. The van der Waals surface area contributed by atoms with Crippen molar-refractivity contribution in [3.8, 4) is 0 Å². The summed E-state index contributed by atoms with van der Waals surface area (Å²) in [5, 5.41) is 6.02. The van der Waals surface area contributed by atoms with Gasteiger partial charge in [0.05, 0.1) is 20.5 Å². The molecule has 0 aromatic carbocycles. The summed E-state index contributed by atoms with van der Waals surface area (Å²) in [4.78, 5) is 17.4. The van der Waals surface area contributed by atoms with Gasteiger partial charge in [0.1, 0.15) is 0 Å². The van der Waals surface area contributed by atoms with Crippen LogP contribution in [0.1, 0.15) is 35.5 Å². The first-order chi connectivity index (χ1) is 9.58. The number of carbonyl (C=O) groups is 1. The molecule has 2 aromatic heterocycles. The van der Waals surface area contributed by atoms with Gasteiger partial charge in [0.15, 0.2) is 0 Å². The second-order valence-electron chi connectivity index (χ2n) is 4.23. The first-order valence-electron chi connectivity index (χ1n) is 6.26. The van der Waals surface area contributed by atoms with Crippen molar-refractivity contribution >= 4 is 50.6 Å². The van der Waals surface area contributed by atoms with Crippen LogP contribution in [0.3, 0.4) is 0 Å². The van der Waals surface area contributed by atoms with E-state index in [4.69, 9.17) is 0 Å². The zero-order valence-corrected chi connectivity index (χ0v) is 14.4. The number of aromatic nitrogens is 1. The van der Waals surface area contributed by atoms with Crippen LogP contribution >= 0.6 is 38.6 Å². The molecule has 2 aromatic rings. The smallest absolute Gasteiger partial charge is 0.244 e. The van der Waals surface area contributed by atoms with Crippen LogP contribution in [0.4, 0.5) is 0 Å². The fraction of sp³-hybridized carbons (Fsp3) is 0.286. The minimum absolute atomic E-state index is 0.0706. The molecule has 0 aliphatic rings. The third-order valence-corrected chi connectivity index (χ3v) is 5.27. The van der Waals surface area contributed by atoms with Gasteiger partial charge in [0, 0.05) is 16.3 Å². The average Bonchev–Trinajstić information content (AvgIpc) is 3.05. The van der Waals surface area contributed by atoms with Crippen molar-refractivity contribution < 1.29 is 4.79 Å². The highest BCUT2D eigenvalue weighted by Crippen LogP contribution is 2.23. The number of carbonyl (C=O) groups excluding carboxylic acids is 1. The van der Waals surface area contributed by atoms with Gasteiger partial charge < -0.3 is 5.32 Å². The molecule has 2 heterocycles. The zero-order valence-electron chi connectivity index (χ0n) is 11.2. The third-order valence-electron chi connectivity index (χ3n) is 2.67.